The molecule has 0 aliphatic carbocycles. The summed E-state index contributed by atoms with van der Waals surface area (Å²) >= 11 is 5.84. The van der Waals surface area contributed by atoms with E-state index in [1.165, 1.54) is 0 Å². The number of nitrogen functional groups attached to an aromatic ring is 1. The van der Waals surface area contributed by atoms with E-state index >= 15 is 0 Å². The lowest BCUT2D eigenvalue weighted by Gasteiger charge is -2.35. The minimum atomic E-state index is -2.90. The number of nitrogens with zero attached hydrogens (tertiary/aromatic N) is 1. The second-order valence-corrected chi connectivity index (χ2v) is 7.03. The summed E-state index contributed by atoms with van der Waals surface area (Å²) < 4.78 is 23.0. The smallest absolute Gasteiger partial charge is 0.154 e. The zero-order valence-electron chi connectivity index (χ0n) is 9.56. The number of nitrogens with two attached hydrogens (primary N) is 1. The highest BCUT2D eigenvalue weighted by Gasteiger charge is 2.29. The molecule has 6 heteroatoms. The number of rotatable bonds is 1. The zero-order chi connectivity index (χ0) is 12.6. The molecule has 1 aliphatic rings. The van der Waals surface area contributed by atoms with Gasteiger partial charge < -0.3 is 10.6 Å². The van der Waals surface area contributed by atoms with Gasteiger partial charge in [0.1, 0.15) is 0 Å². The van der Waals surface area contributed by atoms with Crippen molar-refractivity contribution in [1.29, 1.82) is 0 Å². The van der Waals surface area contributed by atoms with Crippen LogP contribution in [0, 0.1) is 0 Å². The molecule has 1 aromatic carbocycles. The second kappa shape index (κ2) is 4.38. The Kier molecular flexibility index (Phi) is 3.23. The first-order valence-corrected chi connectivity index (χ1v) is 7.61. The summed E-state index contributed by atoms with van der Waals surface area (Å²) in [5.74, 6) is 0.356. The molecule has 2 N–H and O–H groups in total. The maximum absolute atomic E-state index is 11.5. The topological polar surface area (TPSA) is 63.4 Å². The van der Waals surface area contributed by atoms with Gasteiger partial charge in [0.2, 0.25) is 0 Å². The first kappa shape index (κ1) is 12.5. The molecule has 1 fully saturated rings. The minimum absolute atomic E-state index is 0.0581. The molecule has 2 rings (SSSR count). The molecule has 94 valence electrons. The number of benzene rings is 1. The van der Waals surface area contributed by atoms with Crippen LogP contribution in [0.2, 0.25) is 5.02 Å². The van der Waals surface area contributed by atoms with Crippen molar-refractivity contribution in [3.8, 4) is 0 Å². The minimum Gasteiger partial charge on any atom is -0.397 e. The third-order valence-corrected chi connectivity index (χ3v) is 5.00. The van der Waals surface area contributed by atoms with Gasteiger partial charge in [-0.1, -0.05) is 11.6 Å². The Balaban J connectivity index is 2.29. The van der Waals surface area contributed by atoms with Crippen molar-refractivity contribution in [2.24, 2.45) is 0 Å². The standard InChI is InChI=1S/C11H15ClN2O2S/c1-8-7-17(15,16)5-4-14(8)11-3-2-9(12)6-10(11)13/h2-3,6,8H,4-5,7,13H2,1H3. The number of sulfone groups is 1. The first-order chi connectivity index (χ1) is 7.89. The quantitative estimate of drug-likeness (QED) is 0.789. The predicted octanol–water partition coefficient (Wildman–Crippen LogP) is 1.55. The molecule has 17 heavy (non-hydrogen) atoms. The largest absolute Gasteiger partial charge is 0.397 e. The molecule has 1 aliphatic heterocycles. The molecule has 0 bridgehead atoms. The predicted molar refractivity (Wildman–Crippen MR) is 71.3 cm³/mol. The Bertz CT molecular complexity index is 530. The SMILES string of the molecule is CC1CS(=O)(=O)CCN1c1ccc(Cl)cc1N. The summed E-state index contributed by atoms with van der Waals surface area (Å²) in [5, 5.41) is 0.587. The van der Waals surface area contributed by atoms with Gasteiger partial charge in [-0.2, -0.15) is 0 Å². The number of hydrogen-bond acceptors (Lipinski definition) is 4. The lowest BCUT2D eigenvalue weighted by molar-refractivity contribution is 0.568. The molecule has 0 saturated carbocycles. The zero-order valence-corrected chi connectivity index (χ0v) is 11.1. The molecule has 1 saturated heterocycles. The van der Waals surface area contributed by atoms with E-state index in [1.807, 2.05) is 17.9 Å². The number of halogens is 1. The van der Waals surface area contributed by atoms with Crippen molar-refractivity contribution >= 4 is 32.8 Å². The fourth-order valence-corrected chi connectivity index (χ4v) is 3.88. The summed E-state index contributed by atoms with van der Waals surface area (Å²) in [4.78, 5) is 2.02. The Morgan fingerprint density at radius 2 is 2.18 bits per heavy atom. The third-order valence-electron chi connectivity index (χ3n) is 2.97. The van der Waals surface area contributed by atoms with Gasteiger partial charge >= 0.3 is 0 Å². The normalized spacial score (nSPS) is 23.6. The fourth-order valence-electron chi connectivity index (χ4n) is 2.14. The molecule has 1 unspecified atom stereocenters. The van der Waals surface area contributed by atoms with E-state index in [0.717, 1.165) is 5.69 Å². The Morgan fingerprint density at radius 3 is 2.76 bits per heavy atom. The van der Waals surface area contributed by atoms with Crippen LogP contribution in [-0.4, -0.2) is 32.5 Å². The molecular weight excluding hydrogens is 260 g/mol. The van der Waals surface area contributed by atoms with Crippen LogP contribution >= 0.6 is 11.6 Å². The third kappa shape index (κ3) is 2.66. The number of hydrogen-bond donors (Lipinski definition) is 1. The van der Waals surface area contributed by atoms with Gasteiger partial charge in [-0.3, -0.25) is 0 Å². The van der Waals surface area contributed by atoms with Crippen molar-refractivity contribution in [2.45, 2.75) is 13.0 Å². The Morgan fingerprint density at radius 1 is 1.47 bits per heavy atom. The summed E-state index contributed by atoms with van der Waals surface area (Å²) in [6, 6.07) is 5.24. The van der Waals surface area contributed by atoms with Gasteiger partial charge in [-0.25, -0.2) is 8.42 Å². The molecule has 0 spiro atoms. The van der Waals surface area contributed by atoms with Crippen LogP contribution in [0.5, 0.6) is 0 Å². The van der Waals surface area contributed by atoms with Gasteiger partial charge in [0.15, 0.2) is 9.84 Å². The van der Waals surface area contributed by atoms with Crippen LogP contribution in [0.1, 0.15) is 6.92 Å². The van der Waals surface area contributed by atoms with Crippen molar-refractivity contribution in [3.05, 3.63) is 23.2 Å². The van der Waals surface area contributed by atoms with E-state index in [-0.39, 0.29) is 17.5 Å². The van der Waals surface area contributed by atoms with Crippen molar-refractivity contribution in [1.82, 2.24) is 0 Å². The molecule has 1 atom stereocenters. The van der Waals surface area contributed by atoms with Crippen LogP contribution < -0.4 is 10.6 Å². The summed E-state index contributed by atoms with van der Waals surface area (Å²) in [7, 11) is -2.90. The van der Waals surface area contributed by atoms with Gasteiger partial charge in [0.05, 0.1) is 22.9 Å². The van der Waals surface area contributed by atoms with Crippen LogP contribution in [-0.2, 0) is 9.84 Å². The molecule has 4 nitrogen and oxygen atoms in total. The molecule has 1 aromatic rings. The van der Waals surface area contributed by atoms with Crippen molar-refractivity contribution in [2.75, 3.05) is 28.7 Å². The lowest BCUT2D eigenvalue weighted by atomic mass is 10.2. The van der Waals surface area contributed by atoms with Gasteiger partial charge in [0, 0.05) is 17.6 Å². The van der Waals surface area contributed by atoms with E-state index in [2.05, 4.69) is 0 Å². The van der Waals surface area contributed by atoms with Crippen LogP contribution in [0.25, 0.3) is 0 Å². The summed E-state index contributed by atoms with van der Waals surface area (Å²) in [6.07, 6.45) is 0. The average molecular weight is 275 g/mol. The molecule has 0 radical (unpaired) electrons. The van der Waals surface area contributed by atoms with Crippen LogP contribution in [0.3, 0.4) is 0 Å². The molecule has 0 amide bonds. The van der Waals surface area contributed by atoms with Crippen LogP contribution in [0.4, 0.5) is 11.4 Å². The Hall–Kier alpha value is -0.940. The van der Waals surface area contributed by atoms with E-state index in [0.29, 0.717) is 17.3 Å². The summed E-state index contributed by atoms with van der Waals surface area (Å²) in [6.45, 7) is 2.38. The average Bonchev–Trinajstić information content (AvgIpc) is 2.18. The monoisotopic (exact) mass is 274 g/mol. The maximum Gasteiger partial charge on any atom is 0.154 e. The van der Waals surface area contributed by atoms with Gasteiger partial charge in [-0.05, 0) is 25.1 Å². The van der Waals surface area contributed by atoms with E-state index < -0.39 is 9.84 Å². The number of anilines is 2. The van der Waals surface area contributed by atoms with Crippen molar-refractivity contribution in [3.63, 3.8) is 0 Å². The van der Waals surface area contributed by atoms with E-state index in [9.17, 15) is 8.42 Å². The highest BCUT2D eigenvalue weighted by molar-refractivity contribution is 7.91. The van der Waals surface area contributed by atoms with E-state index in [1.54, 1.807) is 12.1 Å². The molecule has 0 aromatic heterocycles. The molecule has 1 heterocycles. The van der Waals surface area contributed by atoms with Gasteiger partial charge in [-0.15, -0.1) is 0 Å². The highest BCUT2D eigenvalue weighted by atomic mass is 35.5. The van der Waals surface area contributed by atoms with Crippen molar-refractivity contribution < 1.29 is 8.42 Å². The lowest BCUT2D eigenvalue weighted by Crippen LogP contribution is -2.47. The maximum atomic E-state index is 11.5. The van der Waals surface area contributed by atoms with Crippen LogP contribution in [0.15, 0.2) is 18.2 Å². The summed E-state index contributed by atoms with van der Waals surface area (Å²) in [5.41, 5.74) is 7.35. The first-order valence-electron chi connectivity index (χ1n) is 5.41. The Labute approximate surface area is 106 Å². The second-order valence-electron chi connectivity index (χ2n) is 4.36. The molecular formula is C11H15ClN2O2S. The highest BCUT2D eigenvalue weighted by Crippen LogP contribution is 2.29. The van der Waals surface area contributed by atoms with Gasteiger partial charge in [0.25, 0.3) is 0 Å². The van der Waals surface area contributed by atoms with E-state index in [4.69, 9.17) is 17.3 Å². The fraction of sp³-hybridized carbons (Fsp3) is 0.455.